The number of aromatic nitrogens is 1. The van der Waals surface area contributed by atoms with Gasteiger partial charge >= 0.3 is 5.76 Å². The molecule has 2 aromatic carbocycles. The van der Waals surface area contributed by atoms with E-state index >= 15 is 0 Å². The zero-order chi connectivity index (χ0) is 20.9. The minimum atomic E-state index is -0.350. The van der Waals surface area contributed by atoms with Crippen LogP contribution >= 0.6 is 11.8 Å². The molecule has 6 nitrogen and oxygen atoms in total. The summed E-state index contributed by atoms with van der Waals surface area (Å²) in [5, 5.41) is 10.8. The van der Waals surface area contributed by atoms with Gasteiger partial charge < -0.3 is 9.32 Å². The second kappa shape index (κ2) is 9.37. The second-order valence-electron chi connectivity index (χ2n) is 7.35. The lowest BCUT2D eigenvalue weighted by Crippen LogP contribution is -2.46. The molecule has 2 heterocycles. The first kappa shape index (κ1) is 20.5. The monoisotopic (exact) mass is 426 g/mol. The van der Waals surface area contributed by atoms with Crippen molar-refractivity contribution in [2.45, 2.75) is 24.3 Å². The van der Waals surface area contributed by atoms with Crippen LogP contribution in [-0.4, -0.2) is 42.2 Å². The summed E-state index contributed by atoms with van der Waals surface area (Å²) in [6.07, 6.45) is 1.89. The molecule has 0 N–H and O–H groups in total. The number of nitrogens with zero attached hydrogens (tertiary/aromatic N) is 4. The molecule has 1 fully saturated rings. The van der Waals surface area contributed by atoms with Gasteiger partial charge in [0.05, 0.1) is 5.52 Å². The fraction of sp³-hybridized carbons (Fsp3) is 0.364. The van der Waals surface area contributed by atoms with Crippen molar-refractivity contribution in [3.05, 3.63) is 58.8 Å². The van der Waals surface area contributed by atoms with Gasteiger partial charge in [-0.2, -0.15) is 5.26 Å². The summed E-state index contributed by atoms with van der Waals surface area (Å²) in [5.41, 5.74) is 2.37. The molecule has 0 atom stereocenters. The van der Waals surface area contributed by atoms with Crippen molar-refractivity contribution in [2.75, 3.05) is 37.6 Å². The molecular weight excluding hydrogens is 403 g/mol. The lowest BCUT2D eigenvalue weighted by atomic mass is 10.2. The fourth-order valence-corrected chi connectivity index (χ4v) is 4.27. The number of hydrogen-bond donors (Lipinski definition) is 0. The smallest absolute Gasteiger partial charge is 0.408 e. The van der Waals surface area contributed by atoms with Gasteiger partial charge in [0.1, 0.15) is 11.2 Å². The summed E-state index contributed by atoms with van der Waals surface area (Å²) in [7, 11) is 0. The highest BCUT2D eigenvalue weighted by molar-refractivity contribution is 8.03. The van der Waals surface area contributed by atoms with Crippen LogP contribution in [0.4, 0.5) is 10.1 Å². The van der Waals surface area contributed by atoms with Gasteiger partial charge in [-0.3, -0.25) is 9.47 Å². The normalized spacial score (nSPS) is 14.9. The van der Waals surface area contributed by atoms with Gasteiger partial charge in [0.15, 0.2) is 5.58 Å². The average Bonchev–Trinajstić information content (AvgIpc) is 3.07. The highest BCUT2D eigenvalue weighted by Gasteiger charge is 2.17. The summed E-state index contributed by atoms with van der Waals surface area (Å²) in [6, 6.07) is 12.1. The molecule has 0 saturated carbocycles. The molecule has 1 aromatic heterocycles. The van der Waals surface area contributed by atoms with Crippen molar-refractivity contribution < 1.29 is 8.81 Å². The first-order valence-corrected chi connectivity index (χ1v) is 10.9. The standard InChI is InChI=1S/C22H23FN4O2S/c23-17-3-5-18(6-4-17)26-13-11-25(12-14-26)9-1-2-10-27-20-8-7-19(30-16-24)15-21(20)29-22(27)28/h3-8,15H,1-2,9-14H2. The average molecular weight is 427 g/mol. The predicted molar refractivity (Wildman–Crippen MR) is 116 cm³/mol. The van der Waals surface area contributed by atoms with E-state index in [1.807, 2.05) is 29.7 Å². The Labute approximate surface area is 178 Å². The number of piperazine rings is 1. The van der Waals surface area contributed by atoms with Crippen LogP contribution < -0.4 is 10.7 Å². The van der Waals surface area contributed by atoms with E-state index in [4.69, 9.17) is 9.68 Å². The SMILES string of the molecule is N#CSc1ccc2c(c1)oc(=O)n2CCCCN1CCN(c2ccc(F)cc2)CC1. The van der Waals surface area contributed by atoms with Crippen molar-refractivity contribution in [2.24, 2.45) is 0 Å². The Morgan fingerprint density at radius 1 is 1.03 bits per heavy atom. The molecule has 0 amide bonds. The molecule has 156 valence electrons. The molecule has 0 spiro atoms. The molecule has 0 aliphatic carbocycles. The van der Waals surface area contributed by atoms with E-state index < -0.39 is 0 Å². The van der Waals surface area contributed by atoms with E-state index in [1.54, 1.807) is 10.6 Å². The van der Waals surface area contributed by atoms with Crippen molar-refractivity contribution >= 4 is 28.5 Å². The summed E-state index contributed by atoms with van der Waals surface area (Å²) in [6.45, 7) is 5.43. The van der Waals surface area contributed by atoms with E-state index in [1.165, 1.54) is 12.1 Å². The zero-order valence-electron chi connectivity index (χ0n) is 16.6. The van der Waals surface area contributed by atoms with Gasteiger partial charge in [-0.25, -0.2) is 9.18 Å². The first-order chi connectivity index (χ1) is 14.6. The van der Waals surface area contributed by atoms with Crippen LogP contribution in [0.25, 0.3) is 11.1 Å². The first-order valence-electron chi connectivity index (χ1n) is 10.1. The Hall–Kier alpha value is -2.76. The highest BCUT2D eigenvalue weighted by Crippen LogP contribution is 2.23. The van der Waals surface area contributed by atoms with Crippen molar-refractivity contribution in [3.63, 3.8) is 0 Å². The lowest BCUT2D eigenvalue weighted by Gasteiger charge is -2.36. The van der Waals surface area contributed by atoms with Crippen LogP contribution in [0, 0.1) is 16.5 Å². The van der Waals surface area contributed by atoms with Crippen LogP contribution in [0.3, 0.4) is 0 Å². The number of unbranched alkanes of at least 4 members (excludes halogenated alkanes) is 1. The topological polar surface area (TPSA) is 65.4 Å². The van der Waals surface area contributed by atoms with E-state index in [9.17, 15) is 9.18 Å². The van der Waals surface area contributed by atoms with E-state index in [-0.39, 0.29) is 11.6 Å². The predicted octanol–water partition coefficient (Wildman–Crippen LogP) is 3.91. The minimum Gasteiger partial charge on any atom is -0.408 e. The van der Waals surface area contributed by atoms with Crippen molar-refractivity contribution in [1.82, 2.24) is 9.47 Å². The molecule has 1 aliphatic heterocycles. The largest absolute Gasteiger partial charge is 0.419 e. The molecule has 8 heteroatoms. The minimum absolute atomic E-state index is 0.205. The third-order valence-corrected chi connectivity index (χ3v) is 6.05. The van der Waals surface area contributed by atoms with Crippen LogP contribution in [0.1, 0.15) is 12.8 Å². The van der Waals surface area contributed by atoms with Gasteiger partial charge in [-0.1, -0.05) is 0 Å². The number of halogens is 1. The Kier molecular flexibility index (Phi) is 6.41. The summed E-state index contributed by atoms with van der Waals surface area (Å²) >= 11 is 1.05. The zero-order valence-corrected chi connectivity index (χ0v) is 17.4. The highest BCUT2D eigenvalue weighted by atomic mass is 32.2. The Bertz CT molecular complexity index is 1100. The van der Waals surface area contributed by atoms with Crippen molar-refractivity contribution in [3.8, 4) is 5.40 Å². The Balaban J connectivity index is 1.25. The Morgan fingerprint density at radius 3 is 2.50 bits per heavy atom. The maximum Gasteiger partial charge on any atom is 0.419 e. The van der Waals surface area contributed by atoms with Gasteiger partial charge in [0.2, 0.25) is 0 Å². The fourth-order valence-electron chi connectivity index (χ4n) is 3.86. The maximum absolute atomic E-state index is 13.1. The molecule has 30 heavy (non-hydrogen) atoms. The number of oxazole rings is 1. The molecule has 0 bridgehead atoms. The number of nitriles is 1. The van der Waals surface area contributed by atoms with Gasteiger partial charge in [0.25, 0.3) is 0 Å². The molecule has 0 radical (unpaired) electrons. The second-order valence-corrected chi connectivity index (χ2v) is 8.21. The Morgan fingerprint density at radius 2 is 1.77 bits per heavy atom. The van der Waals surface area contributed by atoms with E-state index in [0.29, 0.717) is 12.1 Å². The number of thiocyanates is 1. The van der Waals surface area contributed by atoms with E-state index in [0.717, 1.165) is 73.4 Å². The van der Waals surface area contributed by atoms with Crippen LogP contribution in [0.15, 0.2) is 56.6 Å². The maximum atomic E-state index is 13.1. The molecule has 1 aliphatic rings. The van der Waals surface area contributed by atoms with E-state index in [2.05, 4.69) is 9.80 Å². The summed E-state index contributed by atoms with van der Waals surface area (Å²) < 4.78 is 20.1. The summed E-state index contributed by atoms with van der Waals surface area (Å²) in [4.78, 5) is 17.7. The quantitative estimate of drug-likeness (QED) is 0.324. The number of rotatable bonds is 7. The van der Waals surface area contributed by atoms with Gasteiger partial charge in [-0.05, 0) is 73.6 Å². The van der Waals surface area contributed by atoms with Crippen LogP contribution in [0.2, 0.25) is 0 Å². The number of thioether (sulfide) groups is 1. The van der Waals surface area contributed by atoms with Crippen molar-refractivity contribution in [1.29, 1.82) is 5.26 Å². The number of aryl methyl sites for hydroxylation is 1. The molecule has 1 saturated heterocycles. The molecular formula is C22H23FN4O2S. The molecule has 0 unspecified atom stereocenters. The number of benzene rings is 2. The number of fused-ring (bicyclic) bond motifs is 1. The number of hydrogen-bond acceptors (Lipinski definition) is 6. The van der Waals surface area contributed by atoms with Gasteiger partial charge in [0, 0.05) is 43.3 Å². The van der Waals surface area contributed by atoms with Crippen LogP contribution in [-0.2, 0) is 6.54 Å². The lowest BCUT2D eigenvalue weighted by molar-refractivity contribution is 0.251. The number of anilines is 1. The third kappa shape index (κ3) is 4.69. The summed E-state index contributed by atoms with van der Waals surface area (Å²) in [5.74, 6) is -0.555. The van der Waals surface area contributed by atoms with Gasteiger partial charge in [-0.15, -0.1) is 0 Å². The van der Waals surface area contributed by atoms with Crippen LogP contribution in [0.5, 0.6) is 0 Å². The molecule has 4 rings (SSSR count). The third-order valence-electron chi connectivity index (χ3n) is 5.47. The molecule has 3 aromatic rings.